The highest BCUT2D eigenvalue weighted by Gasteiger charge is 2.47. The minimum Gasteiger partial charge on any atom is -0.372 e. The summed E-state index contributed by atoms with van der Waals surface area (Å²) >= 11 is 0. The van der Waals surface area contributed by atoms with Crippen LogP contribution in [-0.2, 0) is 4.74 Å². The SMILES string of the molecule is CCC1(OC2CCC3NNC(c4cc(N5CC[C@H](N)C5)ncn4)C3C2)CC1. The largest absolute Gasteiger partial charge is 0.372 e. The summed E-state index contributed by atoms with van der Waals surface area (Å²) in [6.45, 7) is 4.12. The van der Waals surface area contributed by atoms with E-state index in [9.17, 15) is 0 Å². The van der Waals surface area contributed by atoms with Gasteiger partial charge in [-0.05, 0) is 44.9 Å². The third kappa shape index (κ3) is 3.46. The molecule has 4 fully saturated rings. The van der Waals surface area contributed by atoms with Gasteiger partial charge in [0.05, 0.1) is 23.4 Å². The number of fused-ring (bicyclic) bond motifs is 1. The van der Waals surface area contributed by atoms with Crippen LogP contribution >= 0.6 is 0 Å². The van der Waals surface area contributed by atoms with Crippen LogP contribution in [0, 0.1) is 5.92 Å². The van der Waals surface area contributed by atoms with Crippen LogP contribution in [0.2, 0.25) is 0 Å². The lowest BCUT2D eigenvalue weighted by atomic mass is 9.79. The van der Waals surface area contributed by atoms with Crippen molar-refractivity contribution in [2.75, 3.05) is 18.0 Å². The number of aromatic nitrogens is 2. The van der Waals surface area contributed by atoms with Gasteiger partial charge in [0.1, 0.15) is 12.1 Å². The summed E-state index contributed by atoms with van der Waals surface area (Å²) in [5.41, 5.74) is 14.4. The van der Waals surface area contributed by atoms with E-state index in [0.717, 1.165) is 56.7 Å². The first-order valence-electron chi connectivity index (χ1n) is 10.7. The van der Waals surface area contributed by atoms with E-state index in [1.807, 2.05) is 0 Å². The van der Waals surface area contributed by atoms with Gasteiger partial charge in [0, 0.05) is 37.2 Å². The second-order valence-electron chi connectivity index (χ2n) is 8.92. The van der Waals surface area contributed by atoms with E-state index in [4.69, 9.17) is 10.5 Å². The quantitative estimate of drug-likeness (QED) is 0.724. The first kappa shape index (κ1) is 17.8. The molecule has 2 saturated heterocycles. The maximum Gasteiger partial charge on any atom is 0.132 e. The van der Waals surface area contributed by atoms with Crippen LogP contribution < -0.4 is 21.5 Å². The Morgan fingerprint density at radius 1 is 1.26 bits per heavy atom. The molecule has 0 aromatic carbocycles. The molecule has 4 aliphatic rings. The molecule has 7 nitrogen and oxygen atoms in total. The van der Waals surface area contributed by atoms with E-state index < -0.39 is 0 Å². The van der Waals surface area contributed by atoms with Gasteiger partial charge in [-0.1, -0.05) is 6.92 Å². The molecule has 148 valence electrons. The van der Waals surface area contributed by atoms with Crippen LogP contribution in [0.15, 0.2) is 12.4 Å². The molecule has 0 spiro atoms. The number of hydrogen-bond donors (Lipinski definition) is 3. The molecule has 4 unspecified atom stereocenters. The molecule has 0 radical (unpaired) electrons. The molecule has 7 heteroatoms. The minimum atomic E-state index is 0.197. The molecular weight excluding hydrogens is 340 g/mol. The van der Waals surface area contributed by atoms with E-state index in [1.54, 1.807) is 6.33 Å². The standard InChI is InChI=1S/C20H32N6O/c1-2-20(6-7-20)27-14-3-4-16-15(9-14)19(25-24-16)17-10-18(23-12-22-17)26-8-5-13(21)11-26/h10,12-16,19,24-25H,2-9,11,21H2,1H3/t13-,14?,15?,16?,19?/m0/s1. The second kappa shape index (κ2) is 6.95. The predicted molar refractivity (Wildman–Crippen MR) is 104 cm³/mol. The molecule has 5 atom stereocenters. The molecular formula is C20H32N6O. The first-order chi connectivity index (χ1) is 13.2. The van der Waals surface area contributed by atoms with Crippen molar-refractivity contribution in [1.29, 1.82) is 0 Å². The van der Waals surface area contributed by atoms with Gasteiger partial charge in [0.25, 0.3) is 0 Å². The van der Waals surface area contributed by atoms with Crippen molar-refractivity contribution in [1.82, 2.24) is 20.8 Å². The Morgan fingerprint density at radius 2 is 2.15 bits per heavy atom. The van der Waals surface area contributed by atoms with Crippen LogP contribution in [0.25, 0.3) is 0 Å². The highest BCUT2D eigenvalue weighted by Crippen LogP contribution is 2.47. The monoisotopic (exact) mass is 372 g/mol. The van der Waals surface area contributed by atoms with Gasteiger partial charge in [-0.2, -0.15) is 0 Å². The number of rotatable bonds is 5. The molecule has 1 aromatic heterocycles. The van der Waals surface area contributed by atoms with E-state index in [2.05, 4.69) is 38.7 Å². The van der Waals surface area contributed by atoms with Crippen LogP contribution in [0.5, 0.6) is 0 Å². The number of nitrogens with one attached hydrogen (secondary N) is 2. The zero-order valence-electron chi connectivity index (χ0n) is 16.2. The Balaban J connectivity index is 1.30. The van der Waals surface area contributed by atoms with Gasteiger partial charge in [-0.25, -0.2) is 15.4 Å². The van der Waals surface area contributed by atoms with E-state index >= 15 is 0 Å². The number of hydrazine groups is 1. The third-order valence-electron chi connectivity index (χ3n) is 7.11. The van der Waals surface area contributed by atoms with E-state index in [0.29, 0.717) is 18.1 Å². The van der Waals surface area contributed by atoms with Gasteiger partial charge in [-0.15, -0.1) is 0 Å². The zero-order chi connectivity index (χ0) is 18.4. The summed E-state index contributed by atoms with van der Waals surface area (Å²) in [5.74, 6) is 1.52. The Morgan fingerprint density at radius 3 is 2.89 bits per heavy atom. The van der Waals surface area contributed by atoms with Gasteiger partial charge in [0.2, 0.25) is 0 Å². The number of nitrogens with two attached hydrogens (primary N) is 1. The fourth-order valence-corrected chi connectivity index (χ4v) is 5.16. The van der Waals surface area contributed by atoms with Gasteiger partial charge in [-0.3, -0.25) is 5.43 Å². The van der Waals surface area contributed by atoms with Crippen molar-refractivity contribution >= 4 is 5.82 Å². The number of anilines is 1. The van der Waals surface area contributed by atoms with Crippen LogP contribution in [-0.4, -0.2) is 46.8 Å². The summed E-state index contributed by atoms with van der Waals surface area (Å²) < 4.78 is 6.54. The van der Waals surface area contributed by atoms with Crippen LogP contribution in [0.4, 0.5) is 5.82 Å². The summed E-state index contributed by atoms with van der Waals surface area (Å²) in [5, 5.41) is 0. The fourth-order valence-electron chi connectivity index (χ4n) is 5.16. The summed E-state index contributed by atoms with van der Waals surface area (Å²) in [6.07, 6.45) is 10.2. The molecule has 3 heterocycles. The van der Waals surface area contributed by atoms with Crippen LogP contribution in [0.3, 0.4) is 0 Å². The Kier molecular flexibility index (Phi) is 4.58. The lowest BCUT2D eigenvalue weighted by molar-refractivity contribution is -0.0603. The van der Waals surface area contributed by atoms with Crippen molar-refractivity contribution in [3.05, 3.63) is 18.1 Å². The van der Waals surface area contributed by atoms with Crippen molar-refractivity contribution in [2.45, 2.75) is 81.7 Å². The van der Waals surface area contributed by atoms with Gasteiger partial charge >= 0.3 is 0 Å². The zero-order valence-corrected chi connectivity index (χ0v) is 16.2. The molecule has 5 rings (SSSR count). The van der Waals surface area contributed by atoms with Gasteiger partial charge in [0.15, 0.2) is 0 Å². The van der Waals surface area contributed by atoms with Crippen molar-refractivity contribution < 1.29 is 4.74 Å². The lowest BCUT2D eigenvalue weighted by Gasteiger charge is -2.35. The predicted octanol–water partition coefficient (Wildman–Crippen LogP) is 1.66. The summed E-state index contributed by atoms with van der Waals surface area (Å²) in [4.78, 5) is 11.4. The average Bonchev–Trinajstić information content (AvgIpc) is 3.12. The molecule has 1 aromatic rings. The summed E-state index contributed by atoms with van der Waals surface area (Å²) in [6, 6.07) is 3.13. The number of nitrogens with zero attached hydrogens (tertiary/aromatic N) is 3. The second-order valence-corrected chi connectivity index (χ2v) is 8.92. The fraction of sp³-hybridized carbons (Fsp3) is 0.800. The molecule has 0 bridgehead atoms. The van der Waals surface area contributed by atoms with E-state index in [1.165, 1.54) is 12.8 Å². The maximum absolute atomic E-state index is 6.54. The lowest BCUT2D eigenvalue weighted by Crippen LogP contribution is -2.39. The first-order valence-corrected chi connectivity index (χ1v) is 10.7. The Labute approximate surface area is 161 Å². The van der Waals surface area contributed by atoms with Crippen molar-refractivity contribution in [3.63, 3.8) is 0 Å². The molecule has 27 heavy (non-hydrogen) atoms. The van der Waals surface area contributed by atoms with Crippen molar-refractivity contribution in [3.8, 4) is 0 Å². The average molecular weight is 373 g/mol. The molecule has 0 amide bonds. The smallest absolute Gasteiger partial charge is 0.132 e. The Bertz CT molecular complexity index is 680. The molecule has 4 N–H and O–H groups in total. The summed E-state index contributed by atoms with van der Waals surface area (Å²) in [7, 11) is 0. The molecule has 2 aliphatic heterocycles. The highest BCUT2D eigenvalue weighted by molar-refractivity contribution is 5.41. The highest BCUT2D eigenvalue weighted by atomic mass is 16.5. The normalized spacial score (nSPS) is 37.4. The third-order valence-corrected chi connectivity index (χ3v) is 7.11. The molecule has 2 aliphatic carbocycles. The van der Waals surface area contributed by atoms with E-state index in [-0.39, 0.29) is 17.7 Å². The topological polar surface area (TPSA) is 88.3 Å². The van der Waals surface area contributed by atoms with Crippen molar-refractivity contribution in [2.24, 2.45) is 11.7 Å². The van der Waals surface area contributed by atoms with Crippen LogP contribution in [0.1, 0.15) is 63.6 Å². The Hall–Kier alpha value is -1.28. The number of hydrogen-bond acceptors (Lipinski definition) is 7. The number of ether oxygens (including phenoxy) is 1. The van der Waals surface area contributed by atoms with Gasteiger partial charge < -0.3 is 15.4 Å². The minimum absolute atomic E-state index is 0.197. The maximum atomic E-state index is 6.54. The molecule has 2 saturated carbocycles.